The number of hydrogen-bond donors (Lipinski definition) is 1. The average Bonchev–Trinajstić information content (AvgIpc) is 2.65. The van der Waals surface area contributed by atoms with E-state index in [9.17, 15) is 4.79 Å². The first-order valence-electron chi connectivity index (χ1n) is 4.78. The number of carbonyl (C=O) groups is 1. The summed E-state index contributed by atoms with van der Waals surface area (Å²) < 4.78 is 5.46. The molecule has 0 aliphatic carbocycles. The van der Waals surface area contributed by atoms with E-state index in [0.717, 1.165) is 32.5 Å². The lowest BCUT2D eigenvalue weighted by molar-refractivity contribution is -0.129. The molecule has 1 heterocycles. The van der Waals surface area contributed by atoms with Crippen molar-refractivity contribution in [3.8, 4) is 0 Å². The molecule has 3 nitrogen and oxygen atoms in total. The summed E-state index contributed by atoms with van der Waals surface area (Å²) in [6.07, 6.45) is 2.46. The molecule has 0 N–H and O–H groups in total. The van der Waals surface area contributed by atoms with Gasteiger partial charge >= 0.3 is 0 Å². The molecule has 1 amide bonds. The van der Waals surface area contributed by atoms with Gasteiger partial charge in [-0.1, -0.05) is 0 Å². The first-order chi connectivity index (χ1) is 6.27. The Bertz CT molecular complexity index is 169. The summed E-state index contributed by atoms with van der Waals surface area (Å²) >= 11 is 3.97. The van der Waals surface area contributed by atoms with E-state index in [1.54, 1.807) is 0 Å². The van der Waals surface area contributed by atoms with Crippen LogP contribution in [0.5, 0.6) is 0 Å². The van der Waals surface area contributed by atoms with Gasteiger partial charge in [0, 0.05) is 19.7 Å². The molecule has 0 radical (unpaired) electrons. The second-order valence-corrected chi connectivity index (χ2v) is 3.54. The highest BCUT2D eigenvalue weighted by molar-refractivity contribution is 7.81. The molecule has 4 heteroatoms. The quantitative estimate of drug-likeness (QED) is 0.689. The molecule has 1 unspecified atom stereocenters. The van der Waals surface area contributed by atoms with Crippen LogP contribution in [0.15, 0.2) is 0 Å². The largest absolute Gasteiger partial charge is 0.376 e. The van der Waals surface area contributed by atoms with E-state index in [2.05, 4.69) is 12.6 Å². The Morgan fingerprint density at radius 3 is 2.92 bits per heavy atom. The summed E-state index contributed by atoms with van der Waals surface area (Å²) in [4.78, 5) is 13.1. The molecule has 0 aromatic heterocycles. The molecule has 1 aliphatic heterocycles. The summed E-state index contributed by atoms with van der Waals surface area (Å²) in [7, 11) is 0. The van der Waals surface area contributed by atoms with Crippen LogP contribution in [0.3, 0.4) is 0 Å². The van der Waals surface area contributed by atoms with Gasteiger partial charge in [-0.2, -0.15) is 12.6 Å². The van der Waals surface area contributed by atoms with Crippen molar-refractivity contribution in [1.29, 1.82) is 0 Å². The van der Waals surface area contributed by atoms with Crippen LogP contribution in [-0.4, -0.2) is 42.4 Å². The minimum absolute atomic E-state index is 0.0985. The number of carbonyl (C=O) groups excluding carboxylic acids is 1. The Labute approximate surface area is 84.8 Å². The number of nitrogens with zero attached hydrogens (tertiary/aromatic N) is 1. The van der Waals surface area contributed by atoms with Gasteiger partial charge in [0.05, 0.1) is 11.9 Å². The Balaban J connectivity index is 2.33. The van der Waals surface area contributed by atoms with Gasteiger partial charge in [-0.25, -0.2) is 0 Å². The smallest absolute Gasteiger partial charge is 0.232 e. The number of ether oxygens (including phenoxy) is 1. The fourth-order valence-electron chi connectivity index (χ4n) is 1.54. The van der Waals surface area contributed by atoms with Crippen molar-refractivity contribution in [3.05, 3.63) is 0 Å². The molecule has 1 saturated heterocycles. The Morgan fingerprint density at radius 2 is 2.46 bits per heavy atom. The molecule has 0 aromatic rings. The molecule has 1 rings (SSSR count). The summed E-state index contributed by atoms with van der Waals surface area (Å²) in [6, 6.07) is 0. The lowest BCUT2D eigenvalue weighted by Gasteiger charge is -2.23. The monoisotopic (exact) mass is 203 g/mol. The summed E-state index contributed by atoms with van der Waals surface area (Å²) in [5.74, 6) is 0.391. The van der Waals surface area contributed by atoms with Gasteiger partial charge in [-0.15, -0.1) is 0 Å². The van der Waals surface area contributed by atoms with Crippen molar-refractivity contribution in [2.45, 2.75) is 25.9 Å². The molecule has 0 bridgehead atoms. The molecule has 0 spiro atoms. The van der Waals surface area contributed by atoms with Crippen LogP contribution in [-0.2, 0) is 9.53 Å². The van der Waals surface area contributed by atoms with Crippen LogP contribution < -0.4 is 0 Å². The van der Waals surface area contributed by atoms with Crippen molar-refractivity contribution in [2.24, 2.45) is 0 Å². The normalized spacial score (nSPS) is 21.8. The van der Waals surface area contributed by atoms with Crippen molar-refractivity contribution >= 4 is 18.5 Å². The average molecular weight is 203 g/mol. The van der Waals surface area contributed by atoms with Gasteiger partial charge < -0.3 is 9.64 Å². The highest BCUT2D eigenvalue weighted by atomic mass is 32.1. The van der Waals surface area contributed by atoms with E-state index >= 15 is 0 Å². The molecule has 76 valence electrons. The lowest BCUT2D eigenvalue weighted by Crippen LogP contribution is -2.37. The number of amides is 1. The Hall–Kier alpha value is -0.220. The van der Waals surface area contributed by atoms with Crippen LogP contribution in [0, 0.1) is 0 Å². The van der Waals surface area contributed by atoms with Gasteiger partial charge in [0.2, 0.25) is 5.91 Å². The third-order valence-corrected chi connectivity index (χ3v) is 2.59. The molecule has 13 heavy (non-hydrogen) atoms. The molecular weight excluding hydrogens is 186 g/mol. The zero-order chi connectivity index (χ0) is 9.68. The highest BCUT2D eigenvalue weighted by Gasteiger charge is 2.20. The van der Waals surface area contributed by atoms with E-state index in [-0.39, 0.29) is 12.0 Å². The van der Waals surface area contributed by atoms with Crippen LogP contribution >= 0.6 is 12.6 Å². The van der Waals surface area contributed by atoms with Crippen LogP contribution in [0.2, 0.25) is 0 Å². The number of hydrogen-bond acceptors (Lipinski definition) is 3. The maximum Gasteiger partial charge on any atom is 0.232 e. The second-order valence-electron chi connectivity index (χ2n) is 3.23. The highest BCUT2D eigenvalue weighted by Crippen LogP contribution is 2.13. The number of likely N-dealkylation sites (N-methyl/N-ethyl adjacent to an activating group) is 1. The molecule has 1 atom stereocenters. The van der Waals surface area contributed by atoms with E-state index in [0.29, 0.717) is 5.75 Å². The van der Waals surface area contributed by atoms with E-state index < -0.39 is 0 Å². The van der Waals surface area contributed by atoms with Gasteiger partial charge in [-0.05, 0) is 19.8 Å². The van der Waals surface area contributed by atoms with Gasteiger partial charge in [0.1, 0.15) is 0 Å². The van der Waals surface area contributed by atoms with E-state index in [1.807, 2.05) is 11.8 Å². The second kappa shape index (κ2) is 5.50. The fraction of sp³-hybridized carbons (Fsp3) is 0.889. The standard InChI is InChI=1S/C9H17NO2S/c1-2-10(9(11)7-13)6-8-4-3-5-12-8/h8,13H,2-7H2,1H3. The summed E-state index contributed by atoms with van der Waals surface area (Å²) in [5, 5.41) is 0. The van der Waals surface area contributed by atoms with Crippen molar-refractivity contribution in [3.63, 3.8) is 0 Å². The lowest BCUT2D eigenvalue weighted by atomic mass is 10.2. The fourth-order valence-corrected chi connectivity index (χ4v) is 1.74. The third kappa shape index (κ3) is 3.19. The van der Waals surface area contributed by atoms with Crippen molar-refractivity contribution < 1.29 is 9.53 Å². The topological polar surface area (TPSA) is 29.5 Å². The van der Waals surface area contributed by atoms with Crippen LogP contribution in [0.25, 0.3) is 0 Å². The summed E-state index contributed by atoms with van der Waals surface area (Å²) in [6.45, 7) is 4.31. The van der Waals surface area contributed by atoms with Crippen molar-refractivity contribution in [1.82, 2.24) is 4.90 Å². The molecule has 1 fully saturated rings. The summed E-state index contributed by atoms with van der Waals surface area (Å²) in [5.41, 5.74) is 0. The van der Waals surface area contributed by atoms with Gasteiger partial charge in [-0.3, -0.25) is 4.79 Å². The van der Waals surface area contributed by atoms with Crippen LogP contribution in [0.4, 0.5) is 0 Å². The Kier molecular flexibility index (Phi) is 4.59. The SMILES string of the molecule is CCN(CC1CCCO1)C(=O)CS. The predicted octanol–water partition coefficient (Wildman–Crippen LogP) is 0.944. The zero-order valence-corrected chi connectivity index (χ0v) is 8.93. The third-order valence-electron chi connectivity index (χ3n) is 2.32. The minimum atomic E-state index is 0.0985. The first kappa shape index (κ1) is 10.9. The van der Waals surface area contributed by atoms with E-state index in [1.165, 1.54) is 0 Å². The van der Waals surface area contributed by atoms with Gasteiger partial charge in [0.25, 0.3) is 0 Å². The molecule has 1 aliphatic rings. The molecular formula is C9H17NO2S. The molecule has 0 aromatic carbocycles. The first-order valence-corrected chi connectivity index (χ1v) is 5.41. The maximum atomic E-state index is 11.3. The minimum Gasteiger partial charge on any atom is -0.376 e. The molecule has 0 saturated carbocycles. The Morgan fingerprint density at radius 1 is 1.69 bits per heavy atom. The van der Waals surface area contributed by atoms with Gasteiger partial charge in [0.15, 0.2) is 0 Å². The van der Waals surface area contributed by atoms with Crippen LogP contribution in [0.1, 0.15) is 19.8 Å². The zero-order valence-electron chi connectivity index (χ0n) is 8.03. The maximum absolute atomic E-state index is 11.3. The van der Waals surface area contributed by atoms with Crippen molar-refractivity contribution in [2.75, 3.05) is 25.4 Å². The van der Waals surface area contributed by atoms with E-state index in [4.69, 9.17) is 4.74 Å². The number of rotatable bonds is 4. The number of thiol groups is 1. The predicted molar refractivity (Wildman–Crippen MR) is 55.1 cm³/mol.